The number of carbonyl (C=O) groups is 1. The molecule has 0 atom stereocenters. The zero-order chi connectivity index (χ0) is 18.5. The maximum Gasteiger partial charge on any atom is 0.252 e. The van der Waals surface area contributed by atoms with Gasteiger partial charge in [0.1, 0.15) is 0 Å². The number of nitrogens with zero attached hydrogens (tertiary/aromatic N) is 3. The van der Waals surface area contributed by atoms with Crippen molar-refractivity contribution in [2.45, 2.75) is 31.5 Å². The Morgan fingerprint density at radius 3 is 2.92 bits per heavy atom. The van der Waals surface area contributed by atoms with E-state index in [4.69, 9.17) is 11.6 Å². The van der Waals surface area contributed by atoms with Crippen LogP contribution >= 0.6 is 23.4 Å². The van der Waals surface area contributed by atoms with E-state index in [0.717, 1.165) is 24.1 Å². The third kappa shape index (κ3) is 4.25. The van der Waals surface area contributed by atoms with Crippen LogP contribution in [0, 0.1) is 0 Å². The van der Waals surface area contributed by atoms with Gasteiger partial charge in [0.15, 0.2) is 5.16 Å². The molecule has 0 saturated heterocycles. The first-order chi connectivity index (χ1) is 12.6. The molecule has 0 bridgehead atoms. The van der Waals surface area contributed by atoms with Crippen molar-refractivity contribution in [1.29, 1.82) is 0 Å². The molecule has 1 aromatic carbocycles. The Labute approximate surface area is 159 Å². The van der Waals surface area contributed by atoms with Crippen molar-refractivity contribution in [1.82, 2.24) is 24.9 Å². The van der Waals surface area contributed by atoms with Crippen LogP contribution in [-0.4, -0.2) is 31.2 Å². The second-order valence-electron chi connectivity index (χ2n) is 5.67. The summed E-state index contributed by atoms with van der Waals surface area (Å²) in [4.78, 5) is 26.5. The molecule has 3 aromatic rings. The normalized spacial score (nSPS) is 11.0. The van der Waals surface area contributed by atoms with Crippen LogP contribution in [0.3, 0.4) is 0 Å². The maximum atomic E-state index is 12.1. The maximum absolute atomic E-state index is 12.1. The summed E-state index contributed by atoms with van der Waals surface area (Å²) < 4.78 is 1.79. The fourth-order valence-corrected chi connectivity index (χ4v) is 3.52. The summed E-state index contributed by atoms with van der Waals surface area (Å²) in [5.41, 5.74) is 1.49. The third-order valence-corrected chi connectivity index (χ3v) is 5.02. The van der Waals surface area contributed by atoms with E-state index >= 15 is 0 Å². The van der Waals surface area contributed by atoms with E-state index in [9.17, 15) is 9.59 Å². The van der Waals surface area contributed by atoms with E-state index in [1.54, 1.807) is 16.5 Å². The summed E-state index contributed by atoms with van der Waals surface area (Å²) in [7, 11) is 0. The topological polar surface area (TPSA) is 92.2 Å². The number of H-pyrrole nitrogens is 1. The Kier molecular flexibility index (Phi) is 5.95. The lowest BCUT2D eigenvalue weighted by atomic mass is 10.2. The van der Waals surface area contributed by atoms with E-state index in [2.05, 4.69) is 20.5 Å². The van der Waals surface area contributed by atoms with E-state index in [1.165, 1.54) is 11.8 Å². The molecule has 2 N–H and O–H groups in total. The molecular weight excluding hydrogens is 374 g/mol. The van der Waals surface area contributed by atoms with Crippen LogP contribution in [0.15, 0.2) is 40.3 Å². The lowest BCUT2D eigenvalue weighted by Crippen LogP contribution is -2.24. The quantitative estimate of drug-likeness (QED) is 0.603. The Bertz CT molecular complexity index is 985. The van der Waals surface area contributed by atoms with Gasteiger partial charge in [-0.3, -0.25) is 19.0 Å². The molecule has 3 rings (SSSR count). The van der Waals surface area contributed by atoms with Crippen molar-refractivity contribution < 1.29 is 4.79 Å². The van der Waals surface area contributed by atoms with Crippen LogP contribution in [0.1, 0.15) is 24.6 Å². The first-order valence-electron chi connectivity index (χ1n) is 8.18. The number of halogens is 1. The van der Waals surface area contributed by atoms with Crippen molar-refractivity contribution >= 4 is 35.0 Å². The fourth-order valence-electron chi connectivity index (χ4n) is 2.52. The van der Waals surface area contributed by atoms with Crippen LogP contribution < -0.4 is 10.9 Å². The van der Waals surface area contributed by atoms with Crippen molar-refractivity contribution in [2.75, 3.05) is 5.75 Å². The van der Waals surface area contributed by atoms with Gasteiger partial charge in [0.05, 0.1) is 5.75 Å². The van der Waals surface area contributed by atoms with Gasteiger partial charge in [-0.2, -0.15) is 0 Å². The highest BCUT2D eigenvalue weighted by atomic mass is 35.5. The summed E-state index contributed by atoms with van der Waals surface area (Å²) in [6.07, 6.45) is 1.61. The average Bonchev–Trinajstić information content (AvgIpc) is 3.02. The van der Waals surface area contributed by atoms with E-state index < -0.39 is 0 Å². The largest absolute Gasteiger partial charge is 0.351 e. The number of aromatic amines is 1. The molecule has 1 amide bonds. The van der Waals surface area contributed by atoms with Crippen LogP contribution in [0.2, 0.25) is 5.02 Å². The second-order valence-corrected chi connectivity index (χ2v) is 7.02. The van der Waals surface area contributed by atoms with Crippen molar-refractivity contribution in [3.05, 3.63) is 57.0 Å². The number of hydrogen-bond acceptors (Lipinski definition) is 5. The average molecular weight is 392 g/mol. The molecule has 0 spiro atoms. The number of hydrogen-bond donors (Lipinski definition) is 2. The number of thioether (sulfide) groups is 1. The molecule has 7 nitrogen and oxygen atoms in total. The zero-order valence-electron chi connectivity index (χ0n) is 14.2. The van der Waals surface area contributed by atoms with Gasteiger partial charge in [0, 0.05) is 23.3 Å². The van der Waals surface area contributed by atoms with Gasteiger partial charge in [0.25, 0.3) is 5.56 Å². The summed E-state index contributed by atoms with van der Waals surface area (Å²) >= 11 is 7.36. The highest BCUT2D eigenvalue weighted by molar-refractivity contribution is 7.99. The molecule has 9 heteroatoms. The molecule has 26 heavy (non-hydrogen) atoms. The highest BCUT2D eigenvalue weighted by Crippen LogP contribution is 2.18. The van der Waals surface area contributed by atoms with E-state index in [-0.39, 0.29) is 17.2 Å². The number of benzene rings is 1. The van der Waals surface area contributed by atoms with E-state index in [0.29, 0.717) is 22.5 Å². The van der Waals surface area contributed by atoms with Gasteiger partial charge in [-0.15, -0.1) is 10.2 Å². The van der Waals surface area contributed by atoms with Gasteiger partial charge in [-0.1, -0.05) is 54.9 Å². The van der Waals surface area contributed by atoms with Crippen LogP contribution in [-0.2, 0) is 17.8 Å². The van der Waals surface area contributed by atoms with Crippen LogP contribution in [0.4, 0.5) is 0 Å². The molecule has 0 aliphatic rings. The van der Waals surface area contributed by atoms with Crippen molar-refractivity contribution in [2.24, 2.45) is 0 Å². The molecule has 2 heterocycles. The first-order valence-corrected chi connectivity index (χ1v) is 9.55. The Balaban J connectivity index is 1.67. The van der Waals surface area contributed by atoms with Crippen molar-refractivity contribution in [3.63, 3.8) is 0 Å². The zero-order valence-corrected chi connectivity index (χ0v) is 15.7. The predicted octanol–water partition coefficient (Wildman–Crippen LogP) is 2.43. The number of rotatable bonds is 7. The van der Waals surface area contributed by atoms with Gasteiger partial charge < -0.3 is 5.32 Å². The minimum Gasteiger partial charge on any atom is -0.351 e. The minimum absolute atomic E-state index is 0.131. The summed E-state index contributed by atoms with van der Waals surface area (Å²) in [5.74, 6) is 0.448. The number of aryl methyl sites for hydroxylation is 1. The highest BCUT2D eigenvalue weighted by Gasteiger charge is 2.13. The Morgan fingerprint density at radius 1 is 1.35 bits per heavy atom. The van der Waals surface area contributed by atoms with E-state index in [1.807, 2.05) is 25.1 Å². The minimum atomic E-state index is -0.206. The lowest BCUT2D eigenvalue weighted by Gasteiger charge is -2.07. The molecule has 136 valence electrons. The number of aromatic nitrogens is 4. The van der Waals surface area contributed by atoms with Gasteiger partial charge >= 0.3 is 0 Å². The Morgan fingerprint density at radius 2 is 2.15 bits per heavy atom. The van der Waals surface area contributed by atoms with Crippen LogP contribution in [0.25, 0.3) is 5.78 Å². The summed E-state index contributed by atoms with van der Waals surface area (Å²) in [5, 5.41) is 12.1. The smallest absolute Gasteiger partial charge is 0.252 e. The van der Waals surface area contributed by atoms with Gasteiger partial charge in [-0.25, -0.2) is 0 Å². The summed E-state index contributed by atoms with van der Waals surface area (Å²) in [6.45, 7) is 2.40. The summed E-state index contributed by atoms with van der Waals surface area (Å²) in [6, 6.07) is 8.92. The first kappa shape index (κ1) is 18.5. The SMILES string of the molecule is CCCc1cc(=O)[nH]c2nnc(SCC(=O)NCc3ccccc3Cl)n12. The molecule has 0 aliphatic heterocycles. The molecule has 0 radical (unpaired) electrons. The monoisotopic (exact) mass is 391 g/mol. The molecule has 0 fully saturated rings. The molecular formula is C17H18ClN5O2S. The molecule has 0 aliphatic carbocycles. The number of fused-ring (bicyclic) bond motifs is 1. The van der Waals surface area contributed by atoms with Gasteiger partial charge in [-0.05, 0) is 18.1 Å². The fraction of sp³-hybridized carbons (Fsp3) is 0.294. The Hall–Kier alpha value is -2.32. The second kappa shape index (κ2) is 8.37. The van der Waals surface area contributed by atoms with Gasteiger partial charge in [0.2, 0.25) is 11.7 Å². The molecule has 0 saturated carbocycles. The van der Waals surface area contributed by atoms with Crippen molar-refractivity contribution in [3.8, 4) is 0 Å². The molecule has 0 unspecified atom stereocenters. The number of amides is 1. The predicted molar refractivity (Wildman–Crippen MR) is 102 cm³/mol. The van der Waals surface area contributed by atoms with Crippen LogP contribution in [0.5, 0.6) is 0 Å². The number of nitrogens with one attached hydrogen (secondary N) is 2. The third-order valence-electron chi connectivity index (χ3n) is 3.73. The standard InChI is InChI=1S/C17H18ClN5O2S/c1-2-5-12-8-14(24)20-16-21-22-17(23(12)16)26-10-15(25)19-9-11-6-3-4-7-13(11)18/h3-4,6-8H,2,5,9-10H2,1H3,(H,19,25)(H,20,21,24). The molecule has 2 aromatic heterocycles. The lowest BCUT2D eigenvalue weighted by molar-refractivity contribution is -0.118. The number of carbonyl (C=O) groups excluding carboxylic acids is 1.